The number of carbonyl (C=O) groups is 1. The number of benzene rings is 1. The molecule has 144 valence electrons. The molecule has 1 aromatic rings. The van der Waals surface area contributed by atoms with Crippen LogP contribution in [0.1, 0.15) is 32.1 Å². The lowest BCUT2D eigenvalue weighted by atomic mass is 10.1. The highest BCUT2D eigenvalue weighted by Gasteiger charge is 2.30. The first-order chi connectivity index (χ1) is 12.3. The third-order valence-electron chi connectivity index (χ3n) is 4.87. The molecule has 26 heavy (non-hydrogen) atoms. The van der Waals surface area contributed by atoms with Gasteiger partial charge in [0, 0.05) is 25.2 Å². The van der Waals surface area contributed by atoms with Crippen LogP contribution >= 0.6 is 0 Å². The van der Waals surface area contributed by atoms with Crippen molar-refractivity contribution in [3.8, 4) is 0 Å². The van der Waals surface area contributed by atoms with Crippen molar-refractivity contribution < 1.29 is 21.6 Å². The molecule has 0 radical (unpaired) electrons. The molecule has 1 amide bonds. The van der Waals surface area contributed by atoms with E-state index in [0.29, 0.717) is 25.2 Å². The van der Waals surface area contributed by atoms with Crippen molar-refractivity contribution in [3.63, 3.8) is 0 Å². The van der Waals surface area contributed by atoms with Crippen molar-refractivity contribution in [2.24, 2.45) is 5.92 Å². The summed E-state index contributed by atoms with van der Waals surface area (Å²) in [5.41, 5.74) is 0.411. The van der Waals surface area contributed by atoms with Crippen molar-refractivity contribution in [1.29, 1.82) is 0 Å². The van der Waals surface area contributed by atoms with Gasteiger partial charge in [-0.3, -0.25) is 4.79 Å². The molecule has 7 nitrogen and oxygen atoms in total. The van der Waals surface area contributed by atoms with Gasteiger partial charge < -0.3 is 5.32 Å². The van der Waals surface area contributed by atoms with Crippen molar-refractivity contribution in [3.05, 3.63) is 24.3 Å². The fourth-order valence-electron chi connectivity index (χ4n) is 3.50. The number of hydrogen-bond donors (Lipinski definition) is 1. The molecule has 2 saturated heterocycles. The monoisotopic (exact) mass is 400 g/mol. The molecule has 0 spiro atoms. The second-order valence-corrected chi connectivity index (χ2v) is 11.2. The molecule has 3 rings (SSSR count). The number of anilines is 1. The van der Waals surface area contributed by atoms with Gasteiger partial charge in [0.15, 0.2) is 9.84 Å². The van der Waals surface area contributed by atoms with Crippen LogP contribution in [0.3, 0.4) is 0 Å². The lowest BCUT2D eigenvalue weighted by Crippen LogP contribution is -2.35. The Hall–Kier alpha value is -1.45. The van der Waals surface area contributed by atoms with Crippen LogP contribution in [-0.2, 0) is 24.7 Å². The van der Waals surface area contributed by atoms with E-state index in [9.17, 15) is 21.6 Å². The number of amides is 1. The molecule has 0 saturated carbocycles. The Morgan fingerprint density at radius 2 is 1.92 bits per heavy atom. The smallest absolute Gasteiger partial charge is 0.243 e. The first-order valence-electron chi connectivity index (χ1n) is 8.87. The van der Waals surface area contributed by atoms with Gasteiger partial charge in [-0.25, -0.2) is 16.8 Å². The highest BCUT2D eigenvalue weighted by molar-refractivity contribution is 7.91. The Kier molecular flexibility index (Phi) is 5.69. The minimum absolute atomic E-state index is 0.0454. The summed E-state index contributed by atoms with van der Waals surface area (Å²) >= 11 is 0. The predicted octanol–water partition coefficient (Wildman–Crippen LogP) is 1.62. The topological polar surface area (TPSA) is 101 Å². The highest BCUT2D eigenvalue weighted by atomic mass is 32.2. The van der Waals surface area contributed by atoms with Gasteiger partial charge in [0.25, 0.3) is 0 Å². The summed E-state index contributed by atoms with van der Waals surface area (Å²) in [6.45, 7) is 1.05. The van der Waals surface area contributed by atoms with Crippen LogP contribution in [0.15, 0.2) is 29.2 Å². The normalized spacial score (nSPS) is 23.6. The fourth-order valence-corrected chi connectivity index (χ4v) is 6.92. The van der Waals surface area contributed by atoms with E-state index < -0.39 is 19.9 Å². The Balaban J connectivity index is 1.66. The van der Waals surface area contributed by atoms with E-state index >= 15 is 0 Å². The molecule has 1 atom stereocenters. The predicted molar refractivity (Wildman–Crippen MR) is 99.1 cm³/mol. The quantitative estimate of drug-likeness (QED) is 0.809. The van der Waals surface area contributed by atoms with E-state index in [-0.39, 0.29) is 34.6 Å². The van der Waals surface area contributed by atoms with Crippen LogP contribution in [0.5, 0.6) is 0 Å². The Bertz CT molecular complexity index is 874. The number of nitrogens with zero attached hydrogens (tertiary/aromatic N) is 1. The van der Waals surface area contributed by atoms with Crippen LogP contribution in [0, 0.1) is 5.92 Å². The summed E-state index contributed by atoms with van der Waals surface area (Å²) in [6.07, 6.45) is 3.39. The van der Waals surface area contributed by atoms with Crippen LogP contribution in [0.25, 0.3) is 0 Å². The summed E-state index contributed by atoms with van der Waals surface area (Å²) in [4.78, 5) is 12.3. The van der Waals surface area contributed by atoms with Crippen LogP contribution in [0.4, 0.5) is 5.69 Å². The Morgan fingerprint density at radius 1 is 1.19 bits per heavy atom. The van der Waals surface area contributed by atoms with Crippen LogP contribution < -0.4 is 5.32 Å². The van der Waals surface area contributed by atoms with Crippen LogP contribution in [0.2, 0.25) is 0 Å². The molecule has 2 aliphatic heterocycles. The summed E-state index contributed by atoms with van der Waals surface area (Å²) in [5.74, 6) is -0.280. The second-order valence-electron chi connectivity index (χ2n) is 7.01. The second kappa shape index (κ2) is 7.66. The van der Waals surface area contributed by atoms with E-state index in [1.165, 1.54) is 16.4 Å². The highest BCUT2D eigenvalue weighted by Crippen LogP contribution is 2.24. The van der Waals surface area contributed by atoms with Gasteiger partial charge in [-0.05, 0) is 43.4 Å². The van der Waals surface area contributed by atoms with Gasteiger partial charge in [-0.1, -0.05) is 12.5 Å². The van der Waals surface area contributed by atoms with E-state index in [1.54, 1.807) is 12.1 Å². The number of piperidine rings is 1. The van der Waals surface area contributed by atoms with Gasteiger partial charge in [-0.2, -0.15) is 4.31 Å². The first-order valence-corrected chi connectivity index (χ1v) is 12.1. The molecular formula is C17H24N2O5S2. The number of nitrogens with one attached hydrogen (secondary N) is 1. The van der Waals surface area contributed by atoms with Gasteiger partial charge in [0.05, 0.1) is 16.4 Å². The Morgan fingerprint density at radius 3 is 2.58 bits per heavy atom. The molecule has 9 heteroatoms. The number of hydrogen-bond acceptors (Lipinski definition) is 5. The summed E-state index contributed by atoms with van der Waals surface area (Å²) < 4.78 is 49.9. The van der Waals surface area contributed by atoms with Crippen molar-refractivity contribution in [1.82, 2.24) is 4.31 Å². The maximum atomic E-state index is 12.7. The lowest BCUT2D eigenvalue weighted by molar-refractivity contribution is -0.116. The zero-order valence-corrected chi connectivity index (χ0v) is 16.2. The van der Waals surface area contributed by atoms with Crippen LogP contribution in [-0.4, -0.2) is 51.6 Å². The summed E-state index contributed by atoms with van der Waals surface area (Å²) in [5, 5.41) is 2.69. The van der Waals surface area contributed by atoms with Crippen molar-refractivity contribution in [2.75, 3.05) is 29.9 Å². The maximum Gasteiger partial charge on any atom is 0.243 e. The molecule has 2 fully saturated rings. The summed E-state index contributed by atoms with van der Waals surface area (Å²) in [6, 6.07) is 6.24. The molecule has 2 aliphatic rings. The van der Waals surface area contributed by atoms with E-state index in [1.807, 2.05) is 0 Å². The third kappa shape index (κ3) is 4.63. The van der Waals surface area contributed by atoms with Gasteiger partial charge in [0.1, 0.15) is 0 Å². The molecule has 0 bridgehead atoms. The van der Waals surface area contributed by atoms with Gasteiger partial charge in [-0.15, -0.1) is 0 Å². The standard InChI is InChI=1S/C17H24N2O5S2/c20-17(11-14-7-10-25(21,22)13-14)18-15-5-4-6-16(12-15)26(23,24)19-8-2-1-3-9-19/h4-6,12,14H,1-3,7-11,13H2,(H,18,20)/t14-/m0/s1. The molecule has 2 heterocycles. The number of rotatable bonds is 5. The van der Waals surface area contributed by atoms with Gasteiger partial charge in [0.2, 0.25) is 15.9 Å². The minimum Gasteiger partial charge on any atom is -0.326 e. The minimum atomic E-state index is -3.56. The molecular weight excluding hydrogens is 376 g/mol. The van der Waals surface area contributed by atoms with Crippen molar-refractivity contribution >= 4 is 31.5 Å². The number of sulfonamides is 1. The summed E-state index contributed by atoms with van der Waals surface area (Å²) in [7, 11) is -6.57. The number of carbonyl (C=O) groups excluding carboxylic acids is 1. The third-order valence-corrected chi connectivity index (χ3v) is 8.60. The maximum absolute atomic E-state index is 12.7. The van der Waals surface area contributed by atoms with E-state index in [4.69, 9.17) is 0 Å². The average Bonchev–Trinajstić information content (AvgIpc) is 2.94. The largest absolute Gasteiger partial charge is 0.326 e. The molecule has 1 N–H and O–H groups in total. The molecule has 0 aromatic heterocycles. The zero-order valence-electron chi connectivity index (χ0n) is 14.6. The molecule has 1 aromatic carbocycles. The zero-order chi connectivity index (χ0) is 18.8. The average molecular weight is 401 g/mol. The van der Waals surface area contributed by atoms with Crippen molar-refractivity contribution in [2.45, 2.75) is 37.0 Å². The first kappa shape index (κ1) is 19.3. The van der Waals surface area contributed by atoms with Gasteiger partial charge >= 0.3 is 0 Å². The van der Waals surface area contributed by atoms with E-state index in [0.717, 1.165) is 19.3 Å². The Labute approximate surface area is 154 Å². The molecule has 0 aliphatic carbocycles. The fraction of sp³-hybridized carbons (Fsp3) is 0.588. The molecule has 0 unspecified atom stereocenters. The number of sulfone groups is 1. The lowest BCUT2D eigenvalue weighted by Gasteiger charge is -2.26. The van der Waals surface area contributed by atoms with E-state index in [2.05, 4.69) is 5.32 Å². The SMILES string of the molecule is O=C(C[C@@H]1CCS(=O)(=O)C1)Nc1cccc(S(=O)(=O)N2CCCCC2)c1.